The minimum absolute atomic E-state index is 0.0349. The number of nitrogen functional groups attached to an aromatic ring is 1. The third kappa shape index (κ3) is 3.03. The van der Waals surface area contributed by atoms with E-state index in [9.17, 15) is 9.59 Å². The molecule has 0 saturated heterocycles. The van der Waals surface area contributed by atoms with E-state index in [1.807, 2.05) is 5.43 Å². The summed E-state index contributed by atoms with van der Waals surface area (Å²) in [5.41, 5.74) is 2.76. The largest absolute Gasteiger partial charge is 0.298 e. The molecule has 10 heteroatoms. The summed E-state index contributed by atoms with van der Waals surface area (Å²) in [5, 5.41) is 9.77. The number of hydrazine groups is 1. The Kier molecular flexibility index (Phi) is 4.60. The van der Waals surface area contributed by atoms with Gasteiger partial charge in [-0.25, -0.2) is 10.5 Å². The first-order chi connectivity index (χ1) is 13.5. The maximum atomic E-state index is 13.2. The third-order valence-corrected chi connectivity index (χ3v) is 4.61. The molecule has 0 saturated carbocycles. The van der Waals surface area contributed by atoms with Crippen LogP contribution in [-0.2, 0) is 0 Å². The number of halogens is 2. The van der Waals surface area contributed by atoms with Crippen molar-refractivity contribution < 1.29 is 4.79 Å². The molecule has 1 amide bonds. The molecule has 3 N–H and O–H groups in total. The zero-order chi connectivity index (χ0) is 19.8. The number of carbonyl (C=O) groups excluding carboxylic acids is 1. The molecule has 0 aliphatic heterocycles. The van der Waals surface area contributed by atoms with Gasteiger partial charge in [-0.05, 0) is 48.5 Å². The summed E-state index contributed by atoms with van der Waals surface area (Å²) in [6.45, 7) is 0. The fourth-order valence-electron chi connectivity index (χ4n) is 2.80. The summed E-state index contributed by atoms with van der Waals surface area (Å²) in [6, 6.07) is 13.3. The highest BCUT2D eigenvalue weighted by molar-refractivity contribution is 6.30. The van der Waals surface area contributed by atoms with Gasteiger partial charge in [-0.2, -0.15) is 14.9 Å². The minimum Gasteiger partial charge on any atom is -0.289 e. The van der Waals surface area contributed by atoms with Gasteiger partial charge in [0.05, 0.1) is 23.0 Å². The van der Waals surface area contributed by atoms with Crippen molar-refractivity contribution in [1.29, 1.82) is 0 Å². The van der Waals surface area contributed by atoms with Crippen LogP contribution >= 0.6 is 23.2 Å². The number of aromatic nitrogens is 4. The lowest BCUT2D eigenvalue weighted by molar-refractivity contribution is 0.0949. The SMILES string of the molecule is NNC(=O)c1nn(-c2ccc(Cl)cc2)c(=O)c2c1cnn2-c1ccc(Cl)cc1. The Hall–Kier alpha value is -3.20. The average molecular weight is 415 g/mol. The molecule has 0 aliphatic carbocycles. The van der Waals surface area contributed by atoms with E-state index in [0.717, 1.165) is 4.68 Å². The molecule has 0 fully saturated rings. The highest BCUT2D eigenvalue weighted by Crippen LogP contribution is 2.20. The number of nitrogens with two attached hydrogens (primary N) is 1. The van der Waals surface area contributed by atoms with E-state index in [1.165, 1.54) is 10.9 Å². The standard InChI is InChI=1S/C18H12Cl2N6O2/c19-10-1-5-12(6-2-10)25-16-14(9-22-25)15(17(27)23-21)24-26(18(16)28)13-7-3-11(20)4-8-13/h1-9H,21H2,(H,23,27). The number of carbonyl (C=O) groups is 1. The van der Waals surface area contributed by atoms with Crippen molar-refractivity contribution in [2.24, 2.45) is 5.84 Å². The Morgan fingerprint density at radius 3 is 2.00 bits per heavy atom. The van der Waals surface area contributed by atoms with E-state index in [4.69, 9.17) is 29.0 Å². The molecule has 140 valence electrons. The van der Waals surface area contributed by atoms with Gasteiger partial charge >= 0.3 is 0 Å². The van der Waals surface area contributed by atoms with Gasteiger partial charge in [0.1, 0.15) is 5.52 Å². The molecule has 2 heterocycles. The topological polar surface area (TPSA) is 108 Å². The van der Waals surface area contributed by atoms with Crippen molar-refractivity contribution in [2.45, 2.75) is 0 Å². The molecule has 28 heavy (non-hydrogen) atoms. The molecular weight excluding hydrogens is 403 g/mol. The zero-order valence-electron chi connectivity index (χ0n) is 14.1. The van der Waals surface area contributed by atoms with Crippen LogP contribution in [0.25, 0.3) is 22.3 Å². The second kappa shape index (κ2) is 7.08. The summed E-state index contributed by atoms with van der Waals surface area (Å²) >= 11 is 11.9. The van der Waals surface area contributed by atoms with Crippen LogP contribution in [0.4, 0.5) is 0 Å². The van der Waals surface area contributed by atoms with Crippen LogP contribution in [0.1, 0.15) is 10.5 Å². The fourth-order valence-corrected chi connectivity index (χ4v) is 3.05. The first-order valence-electron chi connectivity index (χ1n) is 8.03. The molecular formula is C18H12Cl2N6O2. The van der Waals surface area contributed by atoms with Gasteiger partial charge in [0.2, 0.25) is 0 Å². The molecule has 4 rings (SSSR count). The predicted molar refractivity (Wildman–Crippen MR) is 106 cm³/mol. The number of fused-ring (bicyclic) bond motifs is 1. The third-order valence-electron chi connectivity index (χ3n) is 4.11. The monoisotopic (exact) mass is 414 g/mol. The van der Waals surface area contributed by atoms with Crippen LogP contribution in [0, 0.1) is 0 Å². The first-order valence-corrected chi connectivity index (χ1v) is 8.79. The van der Waals surface area contributed by atoms with Crippen molar-refractivity contribution in [2.75, 3.05) is 0 Å². The van der Waals surface area contributed by atoms with Crippen LogP contribution in [0.3, 0.4) is 0 Å². The summed E-state index contributed by atoms with van der Waals surface area (Å²) in [4.78, 5) is 25.5. The zero-order valence-corrected chi connectivity index (χ0v) is 15.6. The second-order valence-electron chi connectivity index (χ2n) is 5.81. The lowest BCUT2D eigenvalue weighted by atomic mass is 10.2. The molecule has 2 aromatic heterocycles. The average Bonchev–Trinajstić information content (AvgIpc) is 3.15. The smallest absolute Gasteiger partial charge is 0.289 e. The van der Waals surface area contributed by atoms with Gasteiger partial charge in [-0.15, -0.1) is 0 Å². The summed E-state index contributed by atoms with van der Waals surface area (Å²) in [5.74, 6) is 4.64. The van der Waals surface area contributed by atoms with Gasteiger partial charge in [-0.1, -0.05) is 23.2 Å². The fraction of sp³-hybridized carbons (Fsp3) is 0. The van der Waals surface area contributed by atoms with E-state index in [0.29, 0.717) is 21.4 Å². The van der Waals surface area contributed by atoms with Gasteiger partial charge < -0.3 is 0 Å². The Morgan fingerprint density at radius 1 is 0.929 bits per heavy atom. The molecule has 0 unspecified atom stereocenters. The van der Waals surface area contributed by atoms with E-state index in [-0.39, 0.29) is 16.6 Å². The van der Waals surface area contributed by atoms with Gasteiger partial charge in [0.15, 0.2) is 5.69 Å². The Labute approximate surface area is 168 Å². The maximum Gasteiger partial charge on any atom is 0.298 e. The van der Waals surface area contributed by atoms with Crippen molar-refractivity contribution in [3.63, 3.8) is 0 Å². The molecule has 2 aromatic carbocycles. The number of nitrogens with zero attached hydrogens (tertiary/aromatic N) is 4. The second-order valence-corrected chi connectivity index (χ2v) is 6.68. The number of hydrogen-bond acceptors (Lipinski definition) is 5. The van der Waals surface area contributed by atoms with Crippen LogP contribution in [0.5, 0.6) is 0 Å². The number of amides is 1. The normalized spacial score (nSPS) is 11.0. The molecule has 0 radical (unpaired) electrons. The van der Waals surface area contributed by atoms with Gasteiger partial charge in [0.25, 0.3) is 11.5 Å². The van der Waals surface area contributed by atoms with Crippen molar-refractivity contribution in [1.82, 2.24) is 25.0 Å². The summed E-state index contributed by atoms with van der Waals surface area (Å²) in [7, 11) is 0. The van der Waals surface area contributed by atoms with Crippen molar-refractivity contribution >= 4 is 40.0 Å². The van der Waals surface area contributed by atoms with Crippen LogP contribution in [-0.4, -0.2) is 25.5 Å². The van der Waals surface area contributed by atoms with E-state index in [1.54, 1.807) is 48.5 Å². The number of benzene rings is 2. The lowest BCUT2D eigenvalue weighted by Crippen LogP contribution is -2.34. The van der Waals surface area contributed by atoms with Gasteiger partial charge in [0, 0.05) is 10.0 Å². The van der Waals surface area contributed by atoms with Crippen LogP contribution in [0.15, 0.2) is 59.5 Å². The highest BCUT2D eigenvalue weighted by Gasteiger charge is 2.21. The Bertz CT molecular complexity index is 1250. The molecule has 0 spiro atoms. The molecule has 0 bridgehead atoms. The first kappa shape index (κ1) is 18.2. The maximum absolute atomic E-state index is 13.2. The number of rotatable bonds is 3. The van der Waals surface area contributed by atoms with Crippen LogP contribution in [0.2, 0.25) is 10.0 Å². The quantitative estimate of drug-likeness (QED) is 0.304. The highest BCUT2D eigenvalue weighted by atomic mass is 35.5. The van der Waals surface area contributed by atoms with Crippen molar-refractivity contribution in [3.8, 4) is 11.4 Å². The predicted octanol–water partition coefficient (Wildman–Crippen LogP) is 2.48. The van der Waals surface area contributed by atoms with Gasteiger partial charge in [-0.3, -0.25) is 15.0 Å². The van der Waals surface area contributed by atoms with E-state index >= 15 is 0 Å². The molecule has 0 atom stereocenters. The van der Waals surface area contributed by atoms with Crippen LogP contribution < -0.4 is 16.8 Å². The Morgan fingerprint density at radius 2 is 1.46 bits per heavy atom. The molecule has 4 aromatic rings. The summed E-state index contributed by atoms with van der Waals surface area (Å²) < 4.78 is 2.53. The Balaban J connectivity index is 2.06. The van der Waals surface area contributed by atoms with E-state index in [2.05, 4.69) is 10.2 Å². The number of nitrogens with one attached hydrogen (secondary N) is 1. The molecule has 8 nitrogen and oxygen atoms in total. The van der Waals surface area contributed by atoms with E-state index < -0.39 is 11.5 Å². The van der Waals surface area contributed by atoms with Crippen molar-refractivity contribution in [3.05, 3.63) is 80.8 Å². The minimum atomic E-state index is -0.650. The number of hydrogen-bond donors (Lipinski definition) is 2. The molecule has 0 aliphatic rings. The lowest BCUT2D eigenvalue weighted by Gasteiger charge is -2.10. The summed E-state index contributed by atoms with van der Waals surface area (Å²) in [6.07, 6.45) is 1.40.